The van der Waals surface area contributed by atoms with Crippen LogP contribution in [0.1, 0.15) is 6.42 Å². The maximum atomic E-state index is 7.36. The Hall–Kier alpha value is -2.14. The van der Waals surface area contributed by atoms with Crippen LogP contribution in [0, 0.1) is 5.41 Å². The Labute approximate surface area is 118 Å². The van der Waals surface area contributed by atoms with Gasteiger partial charge in [0.2, 0.25) is 0 Å². The van der Waals surface area contributed by atoms with Crippen molar-refractivity contribution in [2.45, 2.75) is 6.42 Å². The molecule has 5 heteroatoms. The van der Waals surface area contributed by atoms with E-state index in [1.165, 1.54) is 0 Å². The summed E-state index contributed by atoms with van der Waals surface area (Å²) in [6.45, 7) is 2.02. The summed E-state index contributed by atoms with van der Waals surface area (Å²) < 4.78 is 5.13. The molecular formula is C15H20N4O. The summed E-state index contributed by atoms with van der Waals surface area (Å²) in [6, 6.07) is 12.1. The van der Waals surface area contributed by atoms with Crippen molar-refractivity contribution >= 4 is 22.6 Å². The first kappa shape index (κ1) is 14.3. The Balaban J connectivity index is 2.21. The number of aromatic nitrogens is 1. The minimum absolute atomic E-state index is 0.188. The van der Waals surface area contributed by atoms with E-state index in [1.807, 2.05) is 30.3 Å². The van der Waals surface area contributed by atoms with E-state index in [-0.39, 0.29) is 5.84 Å². The summed E-state index contributed by atoms with van der Waals surface area (Å²) in [5, 5.41) is 8.48. The Morgan fingerprint density at radius 2 is 2.05 bits per heavy atom. The number of nitrogens with two attached hydrogens (primary N) is 1. The first-order valence-electron chi connectivity index (χ1n) is 6.63. The molecule has 0 saturated heterocycles. The van der Waals surface area contributed by atoms with Gasteiger partial charge in [-0.05, 0) is 18.2 Å². The standard InChI is InChI=1S/C15H20N4O/c1-20-11-10-19(9-8-14(16)17)15-7-6-12-4-2-3-5-13(12)18-15/h2-7H,8-11H2,1H3,(H3,16,17). The molecule has 2 rings (SSSR count). The van der Waals surface area contributed by atoms with E-state index in [1.54, 1.807) is 7.11 Å². The minimum atomic E-state index is 0.188. The molecule has 0 aliphatic rings. The van der Waals surface area contributed by atoms with Gasteiger partial charge in [-0.25, -0.2) is 4.98 Å². The number of fused-ring (bicyclic) bond motifs is 1. The molecule has 0 radical (unpaired) electrons. The Morgan fingerprint density at radius 1 is 1.25 bits per heavy atom. The number of para-hydroxylation sites is 1. The predicted molar refractivity (Wildman–Crippen MR) is 82.4 cm³/mol. The third-order valence-corrected chi connectivity index (χ3v) is 3.12. The third-order valence-electron chi connectivity index (χ3n) is 3.12. The normalized spacial score (nSPS) is 10.7. The number of benzene rings is 1. The second-order valence-electron chi connectivity index (χ2n) is 4.62. The summed E-state index contributed by atoms with van der Waals surface area (Å²) in [7, 11) is 1.68. The number of anilines is 1. The number of pyridine rings is 1. The Kier molecular flexibility index (Phi) is 4.90. The van der Waals surface area contributed by atoms with Crippen LogP contribution in [0.3, 0.4) is 0 Å². The Morgan fingerprint density at radius 3 is 2.80 bits per heavy atom. The van der Waals surface area contributed by atoms with Gasteiger partial charge in [0.05, 0.1) is 18.0 Å². The van der Waals surface area contributed by atoms with Crippen LogP contribution >= 0.6 is 0 Å². The highest BCUT2D eigenvalue weighted by Gasteiger charge is 2.09. The number of rotatable bonds is 7. The molecule has 0 unspecified atom stereocenters. The first-order valence-corrected chi connectivity index (χ1v) is 6.63. The van der Waals surface area contributed by atoms with Crippen LogP contribution in [0.15, 0.2) is 36.4 Å². The fraction of sp³-hybridized carbons (Fsp3) is 0.333. The van der Waals surface area contributed by atoms with Crippen molar-refractivity contribution in [2.24, 2.45) is 5.73 Å². The van der Waals surface area contributed by atoms with Crippen molar-refractivity contribution in [3.8, 4) is 0 Å². The fourth-order valence-electron chi connectivity index (χ4n) is 2.03. The topological polar surface area (TPSA) is 75.2 Å². The van der Waals surface area contributed by atoms with Crippen LogP contribution in [0.25, 0.3) is 10.9 Å². The van der Waals surface area contributed by atoms with Gasteiger partial charge in [-0.15, -0.1) is 0 Å². The van der Waals surface area contributed by atoms with Crippen LogP contribution in [0.5, 0.6) is 0 Å². The van der Waals surface area contributed by atoms with Crippen molar-refractivity contribution in [1.82, 2.24) is 4.98 Å². The molecule has 20 heavy (non-hydrogen) atoms. The lowest BCUT2D eigenvalue weighted by Crippen LogP contribution is -2.31. The van der Waals surface area contributed by atoms with E-state index in [0.29, 0.717) is 19.6 Å². The first-order chi connectivity index (χ1) is 9.70. The van der Waals surface area contributed by atoms with E-state index in [2.05, 4.69) is 16.0 Å². The monoisotopic (exact) mass is 272 g/mol. The number of hydrogen-bond acceptors (Lipinski definition) is 4. The summed E-state index contributed by atoms with van der Waals surface area (Å²) in [5.41, 5.74) is 6.41. The smallest absolute Gasteiger partial charge is 0.129 e. The van der Waals surface area contributed by atoms with E-state index < -0.39 is 0 Å². The Bertz CT molecular complexity index is 585. The highest BCUT2D eigenvalue weighted by Crippen LogP contribution is 2.18. The van der Waals surface area contributed by atoms with Gasteiger partial charge in [-0.1, -0.05) is 18.2 Å². The van der Waals surface area contributed by atoms with Gasteiger partial charge in [0.1, 0.15) is 5.82 Å². The molecule has 2 aromatic rings. The molecule has 0 atom stereocenters. The van der Waals surface area contributed by atoms with Crippen molar-refractivity contribution < 1.29 is 4.74 Å². The van der Waals surface area contributed by atoms with Crippen LogP contribution in [0.4, 0.5) is 5.82 Å². The number of amidine groups is 1. The lowest BCUT2D eigenvalue weighted by atomic mass is 10.2. The molecule has 1 aromatic heterocycles. The third kappa shape index (κ3) is 3.68. The van der Waals surface area contributed by atoms with Gasteiger partial charge in [0.15, 0.2) is 0 Å². The molecule has 106 valence electrons. The average Bonchev–Trinajstić information content (AvgIpc) is 2.46. The molecule has 3 N–H and O–H groups in total. The number of nitrogens with one attached hydrogen (secondary N) is 1. The molecule has 0 aliphatic heterocycles. The van der Waals surface area contributed by atoms with Crippen LogP contribution < -0.4 is 10.6 Å². The van der Waals surface area contributed by atoms with Crippen LogP contribution in [-0.4, -0.2) is 37.6 Å². The molecule has 0 spiro atoms. The summed E-state index contributed by atoms with van der Waals surface area (Å²) in [4.78, 5) is 6.76. The minimum Gasteiger partial charge on any atom is -0.388 e. The molecule has 1 heterocycles. The van der Waals surface area contributed by atoms with E-state index >= 15 is 0 Å². The van der Waals surface area contributed by atoms with Crippen molar-refractivity contribution in [1.29, 1.82) is 5.41 Å². The van der Waals surface area contributed by atoms with Crippen LogP contribution in [0.2, 0.25) is 0 Å². The molecule has 5 nitrogen and oxygen atoms in total. The molecule has 0 bridgehead atoms. The molecule has 0 amide bonds. The summed E-state index contributed by atoms with van der Waals surface area (Å²) >= 11 is 0. The predicted octanol–water partition coefficient (Wildman–Crippen LogP) is 2.01. The van der Waals surface area contributed by atoms with Gasteiger partial charge in [0, 0.05) is 32.0 Å². The average molecular weight is 272 g/mol. The molecular weight excluding hydrogens is 252 g/mol. The lowest BCUT2D eigenvalue weighted by molar-refractivity contribution is 0.205. The van der Waals surface area contributed by atoms with Gasteiger partial charge in [-0.2, -0.15) is 0 Å². The van der Waals surface area contributed by atoms with Gasteiger partial charge in [0.25, 0.3) is 0 Å². The molecule has 0 fully saturated rings. The number of hydrogen-bond donors (Lipinski definition) is 2. The van der Waals surface area contributed by atoms with Gasteiger partial charge >= 0.3 is 0 Å². The fourth-order valence-corrected chi connectivity index (χ4v) is 2.03. The zero-order chi connectivity index (χ0) is 14.4. The summed E-state index contributed by atoms with van der Waals surface area (Å²) in [6.07, 6.45) is 0.526. The lowest BCUT2D eigenvalue weighted by Gasteiger charge is -2.23. The zero-order valence-electron chi connectivity index (χ0n) is 11.7. The summed E-state index contributed by atoms with van der Waals surface area (Å²) in [5.74, 6) is 1.08. The largest absolute Gasteiger partial charge is 0.388 e. The van der Waals surface area contributed by atoms with Crippen molar-refractivity contribution in [2.75, 3.05) is 31.7 Å². The molecule has 0 aliphatic carbocycles. The second-order valence-corrected chi connectivity index (χ2v) is 4.62. The van der Waals surface area contributed by atoms with E-state index in [4.69, 9.17) is 15.9 Å². The van der Waals surface area contributed by atoms with Crippen LogP contribution in [-0.2, 0) is 4.74 Å². The highest BCUT2D eigenvalue weighted by atomic mass is 16.5. The van der Waals surface area contributed by atoms with Gasteiger partial charge in [-0.3, -0.25) is 5.41 Å². The SMILES string of the molecule is COCCN(CCC(=N)N)c1ccc2ccccc2n1. The zero-order valence-corrected chi connectivity index (χ0v) is 11.7. The van der Waals surface area contributed by atoms with E-state index in [9.17, 15) is 0 Å². The maximum Gasteiger partial charge on any atom is 0.129 e. The molecule has 0 saturated carbocycles. The number of ether oxygens (including phenoxy) is 1. The quantitative estimate of drug-likeness (QED) is 0.597. The second kappa shape index (κ2) is 6.86. The van der Waals surface area contributed by atoms with Crippen molar-refractivity contribution in [3.63, 3.8) is 0 Å². The number of methoxy groups -OCH3 is 1. The van der Waals surface area contributed by atoms with Gasteiger partial charge < -0.3 is 15.4 Å². The van der Waals surface area contributed by atoms with Crippen molar-refractivity contribution in [3.05, 3.63) is 36.4 Å². The van der Waals surface area contributed by atoms with E-state index in [0.717, 1.165) is 23.3 Å². The molecule has 1 aromatic carbocycles. The maximum absolute atomic E-state index is 7.36. The number of nitrogens with zero attached hydrogens (tertiary/aromatic N) is 2. The highest BCUT2D eigenvalue weighted by molar-refractivity contribution is 5.80.